The van der Waals surface area contributed by atoms with Gasteiger partial charge in [0, 0.05) is 21.5 Å². The van der Waals surface area contributed by atoms with Crippen LogP contribution in [0, 0.1) is 13.8 Å². The molecule has 1 aliphatic rings. The number of hydrogen-bond donors (Lipinski definition) is 0. The standard InChI is InChI=1S/C17H25NS/c1-4-5-6-7-8-16-9-10-17(19-16)15-11-13(2)18-14(3)12-15/h10-12,16H,4-9H2,1-3H3. The van der Waals surface area contributed by atoms with E-state index in [0.717, 1.165) is 16.6 Å². The van der Waals surface area contributed by atoms with Crippen LogP contribution in [0.5, 0.6) is 0 Å². The first-order valence-electron chi connectivity index (χ1n) is 7.51. The molecule has 0 saturated heterocycles. The highest BCUT2D eigenvalue weighted by Crippen LogP contribution is 2.41. The minimum absolute atomic E-state index is 0.806. The molecule has 1 atom stereocenters. The molecule has 2 heterocycles. The van der Waals surface area contributed by atoms with Crippen molar-refractivity contribution >= 4 is 16.7 Å². The van der Waals surface area contributed by atoms with Gasteiger partial charge in [0.15, 0.2) is 0 Å². The Bertz CT molecular complexity index is 430. The van der Waals surface area contributed by atoms with Crippen LogP contribution in [-0.2, 0) is 0 Å². The van der Waals surface area contributed by atoms with Crippen LogP contribution in [0.25, 0.3) is 4.91 Å². The predicted molar refractivity (Wildman–Crippen MR) is 86.4 cm³/mol. The fourth-order valence-corrected chi connectivity index (χ4v) is 3.93. The second-order valence-corrected chi connectivity index (χ2v) is 6.87. The molecular weight excluding hydrogens is 250 g/mol. The van der Waals surface area contributed by atoms with Crippen LogP contribution in [0.15, 0.2) is 18.2 Å². The molecule has 0 N–H and O–H groups in total. The summed E-state index contributed by atoms with van der Waals surface area (Å²) in [5.74, 6) is 0. The highest BCUT2D eigenvalue weighted by Gasteiger charge is 2.18. The fraction of sp³-hybridized carbons (Fsp3) is 0.588. The summed E-state index contributed by atoms with van der Waals surface area (Å²) in [6, 6.07) is 4.43. The van der Waals surface area contributed by atoms with Gasteiger partial charge in [-0.2, -0.15) is 0 Å². The largest absolute Gasteiger partial charge is 0.258 e. The number of allylic oxidation sites excluding steroid dienone is 1. The summed E-state index contributed by atoms with van der Waals surface area (Å²) in [6.45, 7) is 6.44. The summed E-state index contributed by atoms with van der Waals surface area (Å²) < 4.78 is 0. The Morgan fingerprint density at radius 3 is 2.58 bits per heavy atom. The average Bonchev–Trinajstić information content (AvgIpc) is 2.82. The van der Waals surface area contributed by atoms with Crippen LogP contribution < -0.4 is 0 Å². The highest BCUT2D eigenvalue weighted by molar-refractivity contribution is 8.09. The van der Waals surface area contributed by atoms with E-state index in [-0.39, 0.29) is 0 Å². The van der Waals surface area contributed by atoms with Gasteiger partial charge >= 0.3 is 0 Å². The molecule has 1 unspecified atom stereocenters. The predicted octanol–water partition coefficient (Wildman–Crippen LogP) is 5.52. The Balaban J connectivity index is 1.87. The molecular formula is C17H25NS. The summed E-state index contributed by atoms with van der Waals surface area (Å²) in [5.41, 5.74) is 3.62. The van der Waals surface area contributed by atoms with Crippen molar-refractivity contribution in [3.63, 3.8) is 0 Å². The lowest BCUT2D eigenvalue weighted by molar-refractivity contribution is 0.621. The summed E-state index contributed by atoms with van der Waals surface area (Å²) in [5, 5.41) is 0.806. The van der Waals surface area contributed by atoms with E-state index in [1.54, 1.807) is 0 Å². The Kier molecular flexibility index (Phi) is 5.50. The Labute approximate surface area is 121 Å². The van der Waals surface area contributed by atoms with Crippen LogP contribution in [0.4, 0.5) is 0 Å². The van der Waals surface area contributed by atoms with Gasteiger partial charge in [0.2, 0.25) is 0 Å². The van der Waals surface area contributed by atoms with Gasteiger partial charge in [-0.1, -0.05) is 38.7 Å². The van der Waals surface area contributed by atoms with E-state index in [1.165, 1.54) is 49.0 Å². The minimum Gasteiger partial charge on any atom is -0.258 e. The van der Waals surface area contributed by atoms with Crippen molar-refractivity contribution in [2.24, 2.45) is 0 Å². The second-order valence-electron chi connectivity index (χ2n) is 5.53. The number of hydrogen-bond acceptors (Lipinski definition) is 2. The highest BCUT2D eigenvalue weighted by atomic mass is 32.2. The lowest BCUT2D eigenvalue weighted by Gasteiger charge is -2.10. The van der Waals surface area contributed by atoms with Crippen LogP contribution in [0.2, 0.25) is 0 Å². The maximum Gasteiger partial charge on any atom is 0.0382 e. The first-order valence-corrected chi connectivity index (χ1v) is 8.39. The van der Waals surface area contributed by atoms with E-state index in [1.807, 2.05) is 0 Å². The van der Waals surface area contributed by atoms with E-state index in [0.29, 0.717) is 0 Å². The summed E-state index contributed by atoms with van der Waals surface area (Å²) in [7, 11) is 0. The third-order valence-corrected chi connectivity index (χ3v) is 5.02. The molecule has 1 aliphatic heterocycles. The van der Waals surface area contributed by atoms with Crippen molar-refractivity contribution in [1.82, 2.24) is 4.98 Å². The van der Waals surface area contributed by atoms with Crippen molar-refractivity contribution in [3.05, 3.63) is 35.2 Å². The molecule has 2 rings (SSSR count). The molecule has 1 nitrogen and oxygen atoms in total. The van der Waals surface area contributed by atoms with Gasteiger partial charge < -0.3 is 0 Å². The van der Waals surface area contributed by atoms with Crippen LogP contribution in [-0.4, -0.2) is 10.2 Å². The number of thioether (sulfide) groups is 1. The topological polar surface area (TPSA) is 12.9 Å². The van der Waals surface area contributed by atoms with E-state index < -0.39 is 0 Å². The smallest absolute Gasteiger partial charge is 0.0382 e. The van der Waals surface area contributed by atoms with E-state index in [4.69, 9.17) is 0 Å². The number of unbranched alkanes of at least 4 members (excludes halogenated alkanes) is 3. The zero-order valence-corrected chi connectivity index (χ0v) is 13.2. The summed E-state index contributed by atoms with van der Waals surface area (Å²) in [4.78, 5) is 5.93. The van der Waals surface area contributed by atoms with E-state index in [9.17, 15) is 0 Å². The summed E-state index contributed by atoms with van der Waals surface area (Å²) >= 11 is 2.07. The Morgan fingerprint density at radius 1 is 1.16 bits per heavy atom. The maximum absolute atomic E-state index is 4.46. The van der Waals surface area contributed by atoms with E-state index >= 15 is 0 Å². The van der Waals surface area contributed by atoms with E-state index in [2.05, 4.69) is 55.7 Å². The van der Waals surface area contributed by atoms with Crippen molar-refractivity contribution in [1.29, 1.82) is 0 Å². The lowest BCUT2D eigenvalue weighted by Crippen LogP contribution is -1.96. The molecule has 1 aromatic rings. The second kappa shape index (κ2) is 7.14. The quantitative estimate of drug-likeness (QED) is 0.634. The van der Waals surface area contributed by atoms with Gasteiger partial charge in [0.05, 0.1) is 0 Å². The molecule has 0 amide bonds. The third-order valence-electron chi connectivity index (χ3n) is 3.61. The molecule has 2 heteroatoms. The molecule has 0 bridgehead atoms. The lowest BCUT2D eigenvalue weighted by atomic mass is 10.1. The average molecular weight is 275 g/mol. The normalized spacial score (nSPS) is 18.7. The molecule has 0 aromatic carbocycles. The first-order chi connectivity index (χ1) is 9.19. The number of aryl methyl sites for hydroxylation is 2. The van der Waals surface area contributed by atoms with Gasteiger partial charge in [0.25, 0.3) is 0 Å². The summed E-state index contributed by atoms with van der Waals surface area (Å²) in [6.07, 6.45) is 10.5. The molecule has 104 valence electrons. The number of pyridine rings is 1. The maximum atomic E-state index is 4.46. The zero-order chi connectivity index (χ0) is 13.7. The van der Waals surface area contributed by atoms with Crippen molar-refractivity contribution in [2.75, 3.05) is 0 Å². The van der Waals surface area contributed by atoms with Crippen molar-refractivity contribution in [2.45, 2.75) is 64.5 Å². The Hall–Kier alpha value is -0.760. The fourth-order valence-electron chi connectivity index (χ4n) is 2.65. The Morgan fingerprint density at radius 2 is 1.89 bits per heavy atom. The molecule has 19 heavy (non-hydrogen) atoms. The van der Waals surface area contributed by atoms with Crippen LogP contribution in [0.3, 0.4) is 0 Å². The SMILES string of the molecule is CCCCCCC1CC=C(c2cc(C)nc(C)c2)S1. The number of nitrogens with zero attached hydrogens (tertiary/aromatic N) is 1. The molecule has 1 aromatic heterocycles. The van der Waals surface area contributed by atoms with Gasteiger partial charge in [-0.05, 0) is 44.4 Å². The number of aromatic nitrogens is 1. The van der Waals surface area contributed by atoms with Gasteiger partial charge in [-0.3, -0.25) is 4.98 Å². The van der Waals surface area contributed by atoms with Gasteiger partial charge in [-0.25, -0.2) is 0 Å². The monoisotopic (exact) mass is 275 g/mol. The molecule has 0 spiro atoms. The third kappa shape index (κ3) is 4.38. The minimum atomic E-state index is 0.806. The molecule has 0 saturated carbocycles. The molecule has 0 radical (unpaired) electrons. The molecule has 0 aliphatic carbocycles. The van der Waals surface area contributed by atoms with Crippen molar-refractivity contribution < 1.29 is 0 Å². The van der Waals surface area contributed by atoms with Crippen LogP contribution in [0.1, 0.15) is 62.4 Å². The van der Waals surface area contributed by atoms with Crippen molar-refractivity contribution in [3.8, 4) is 0 Å². The van der Waals surface area contributed by atoms with Gasteiger partial charge in [0.1, 0.15) is 0 Å². The van der Waals surface area contributed by atoms with Gasteiger partial charge in [-0.15, -0.1) is 11.8 Å². The zero-order valence-electron chi connectivity index (χ0n) is 12.4. The van der Waals surface area contributed by atoms with Crippen LogP contribution >= 0.6 is 11.8 Å². The molecule has 0 fully saturated rings. The number of rotatable bonds is 6. The first kappa shape index (κ1) is 14.6.